The highest BCUT2D eigenvalue weighted by molar-refractivity contribution is 6.31. The molecule has 3 nitrogen and oxygen atoms in total. The second kappa shape index (κ2) is 9.48. The zero-order chi connectivity index (χ0) is 18.3. The van der Waals surface area contributed by atoms with Crippen LogP contribution in [0.15, 0.2) is 24.4 Å². The molecule has 0 spiro atoms. The summed E-state index contributed by atoms with van der Waals surface area (Å²) in [4.78, 5) is 4.07. The van der Waals surface area contributed by atoms with Crippen LogP contribution in [0.2, 0.25) is 5.02 Å². The number of pyridine rings is 1. The molecule has 2 rings (SSSR count). The Balaban J connectivity index is 0.00000139. The van der Waals surface area contributed by atoms with E-state index in [2.05, 4.69) is 11.9 Å². The summed E-state index contributed by atoms with van der Waals surface area (Å²) in [5, 5.41) is 0.109. The molecule has 0 fully saturated rings. The molecule has 0 amide bonds. The van der Waals surface area contributed by atoms with Gasteiger partial charge in [-0.15, -0.1) is 0 Å². The number of hydrogen-bond acceptors (Lipinski definition) is 3. The number of anilines is 1. The molecule has 0 radical (unpaired) electrons. The summed E-state index contributed by atoms with van der Waals surface area (Å²) in [5.41, 5.74) is 8.44. The van der Waals surface area contributed by atoms with Crippen LogP contribution >= 0.6 is 11.6 Å². The van der Waals surface area contributed by atoms with Crippen molar-refractivity contribution in [3.05, 3.63) is 51.9 Å². The van der Waals surface area contributed by atoms with Crippen LogP contribution in [0.3, 0.4) is 0 Å². The van der Waals surface area contributed by atoms with E-state index >= 15 is 0 Å². The molecule has 0 aliphatic rings. The number of aromatic nitrogens is 1. The third kappa shape index (κ3) is 4.84. The number of nitrogens with two attached hydrogens (primary N) is 1. The second-order valence-electron chi connectivity index (χ2n) is 5.34. The molecule has 1 heterocycles. The number of hydrogen-bond donors (Lipinski definition) is 1. The highest BCUT2D eigenvalue weighted by Gasteiger charge is 2.20. The van der Waals surface area contributed by atoms with Crippen molar-refractivity contribution in [1.82, 2.24) is 4.98 Å². The SMILES string of the molecule is CC.CCCc1ccc(F)c(Cl)c1C(C)Oc1cc(C)cnc1N. The third-order valence-electron chi connectivity index (χ3n) is 3.47. The van der Waals surface area contributed by atoms with Gasteiger partial charge in [-0.1, -0.05) is 44.9 Å². The van der Waals surface area contributed by atoms with Crippen molar-refractivity contribution in [2.75, 3.05) is 5.73 Å². The molecule has 132 valence electrons. The van der Waals surface area contributed by atoms with Crippen molar-refractivity contribution < 1.29 is 9.13 Å². The number of nitrogen functional groups attached to an aromatic ring is 1. The molecule has 1 aromatic heterocycles. The molecule has 2 aromatic rings. The molecule has 1 atom stereocenters. The van der Waals surface area contributed by atoms with Crippen molar-refractivity contribution in [2.45, 2.75) is 53.6 Å². The Morgan fingerprint density at radius 2 is 2.00 bits per heavy atom. The zero-order valence-corrected chi connectivity index (χ0v) is 15.7. The van der Waals surface area contributed by atoms with Gasteiger partial charge in [-0.25, -0.2) is 9.37 Å². The largest absolute Gasteiger partial charge is 0.482 e. The Kier molecular flexibility index (Phi) is 7.99. The van der Waals surface area contributed by atoms with Gasteiger partial charge < -0.3 is 10.5 Å². The Hall–Kier alpha value is -1.81. The Labute approximate surface area is 149 Å². The first kappa shape index (κ1) is 20.2. The van der Waals surface area contributed by atoms with Gasteiger partial charge in [0.05, 0.1) is 5.02 Å². The van der Waals surface area contributed by atoms with Crippen LogP contribution in [0.25, 0.3) is 0 Å². The average Bonchev–Trinajstić information content (AvgIpc) is 2.56. The summed E-state index contributed by atoms with van der Waals surface area (Å²) in [6.07, 6.45) is 3.00. The second-order valence-corrected chi connectivity index (χ2v) is 5.72. The Morgan fingerprint density at radius 1 is 1.33 bits per heavy atom. The van der Waals surface area contributed by atoms with Crippen LogP contribution in [0.1, 0.15) is 56.9 Å². The van der Waals surface area contributed by atoms with Gasteiger partial charge in [-0.3, -0.25) is 0 Å². The van der Waals surface area contributed by atoms with Crippen molar-refractivity contribution in [3.63, 3.8) is 0 Å². The van der Waals surface area contributed by atoms with E-state index in [0.717, 1.165) is 24.0 Å². The van der Waals surface area contributed by atoms with Crippen LogP contribution in [-0.2, 0) is 6.42 Å². The topological polar surface area (TPSA) is 48.1 Å². The first-order valence-corrected chi connectivity index (χ1v) is 8.67. The van der Waals surface area contributed by atoms with E-state index in [-0.39, 0.29) is 5.02 Å². The van der Waals surface area contributed by atoms with E-state index in [1.165, 1.54) is 6.07 Å². The lowest BCUT2D eigenvalue weighted by molar-refractivity contribution is 0.226. The van der Waals surface area contributed by atoms with Crippen molar-refractivity contribution in [1.29, 1.82) is 0 Å². The predicted octanol–water partition coefficient (Wildman–Crippen LogP) is 5.88. The summed E-state index contributed by atoms with van der Waals surface area (Å²) in [6.45, 7) is 9.80. The number of rotatable bonds is 5. The number of nitrogens with zero attached hydrogens (tertiary/aromatic N) is 1. The molecule has 5 heteroatoms. The van der Waals surface area contributed by atoms with Gasteiger partial charge in [0.15, 0.2) is 11.6 Å². The molecule has 2 N–H and O–H groups in total. The summed E-state index contributed by atoms with van der Waals surface area (Å²) < 4.78 is 19.7. The summed E-state index contributed by atoms with van der Waals surface area (Å²) in [7, 11) is 0. The van der Waals surface area contributed by atoms with Crippen molar-refractivity contribution >= 4 is 17.4 Å². The summed E-state index contributed by atoms with van der Waals surface area (Å²) in [6, 6.07) is 4.97. The number of benzene rings is 1. The van der Waals surface area contributed by atoms with Gasteiger partial charge >= 0.3 is 0 Å². The van der Waals surface area contributed by atoms with Gasteiger partial charge in [0.1, 0.15) is 11.9 Å². The fourth-order valence-corrected chi connectivity index (χ4v) is 2.77. The van der Waals surface area contributed by atoms with E-state index in [1.54, 1.807) is 12.3 Å². The van der Waals surface area contributed by atoms with E-state index in [0.29, 0.717) is 17.1 Å². The molecule has 0 saturated carbocycles. The van der Waals surface area contributed by atoms with E-state index in [4.69, 9.17) is 22.1 Å². The number of halogens is 2. The Bertz CT molecular complexity index is 677. The smallest absolute Gasteiger partial charge is 0.166 e. The highest BCUT2D eigenvalue weighted by Crippen LogP contribution is 2.34. The fraction of sp³-hybridized carbons (Fsp3) is 0.421. The quantitative estimate of drug-likeness (QED) is 0.730. The van der Waals surface area contributed by atoms with Crippen molar-refractivity contribution in [2.24, 2.45) is 0 Å². The van der Waals surface area contributed by atoms with E-state index in [9.17, 15) is 4.39 Å². The third-order valence-corrected chi connectivity index (χ3v) is 3.86. The average molecular weight is 353 g/mol. The Morgan fingerprint density at radius 3 is 2.62 bits per heavy atom. The first-order chi connectivity index (χ1) is 11.4. The maximum absolute atomic E-state index is 13.8. The van der Waals surface area contributed by atoms with Gasteiger partial charge in [0, 0.05) is 11.8 Å². The zero-order valence-electron chi connectivity index (χ0n) is 15.0. The standard InChI is InChI=1S/C17H20ClFN2O.C2H6/c1-4-5-12-6-7-13(19)16(18)15(12)11(3)22-14-8-10(2)9-21-17(14)20;1-2/h6-9,11H,4-5H2,1-3H3,(H2,20,21);1-2H3. The summed E-state index contributed by atoms with van der Waals surface area (Å²) in [5.74, 6) is 0.347. The minimum absolute atomic E-state index is 0.109. The molecular weight excluding hydrogens is 327 g/mol. The lowest BCUT2D eigenvalue weighted by Crippen LogP contribution is -2.10. The minimum atomic E-state index is -0.442. The maximum atomic E-state index is 13.8. The molecule has 0 saturated heterocycles. The fourth-order valence-electron chi connectivity index (χ4n) is 2.43. The number of aryl methyl sites for hydroxylation is 2. The molecule has 0 bridgehead atoms. The first-order valence-electron chi connectivity index (χ1n) is 8.29. The molecule has 0 aliphatic carbocycles. The molecule has 1 unspecified atom stereocenters. The van der Waals surface area contributed by atoms with Crippen LogP contribution in [0.5, 0.6) is 5.75 Å². The van der Waals surface area contributed by atoms with Gasteiger partial charge in [0.25, 0.3) is 0 Å². The van der Waals surface area contributed by atoms with E-state index < -0.39 is 11.9 Å². The monoisotopic (exact) mass is 352 g/mol. The lowest BCUT2D eigenvalue weighted by Gasteiger charge is -2.21. The highest BCUT2D eigenvalue weighted by atomic mass is 35.5. The lowest BCUT2D eigenvalue weighted by atomic mass is 9.99. The van der Waals surface area contributed by atoms with Crippen LogP contribution < -0.4 is 10.5 Å². The molecule has 1 aromatic carbocycles. The van der Waals surface area contributed by atoms with Gasteiger partial charge in [-0.05, 0) is 43.5 Å². The van der Waals surface area contributed by atoms with Crippen LogP contribution in [0, 0.1) is 12.7 Å². The van der Waals surface area contributed by atoms with Gasteiger partial charge in [-0.2, -0.15) is 0 Å². The minimum Gasteiger partial charge on any atom is -0.482 e. The predicted molar refractivity (Wildman–Crippen MR) is 99.2 cm³/mol. The van der Waals surface area contributed by atoms with Crippen molar-refractivity contribution in [3.8, 4) is 5.75 Å². The molecule has 24 heavy (non-hydrogen) atoms. The van der Waals surface area contributed by atoms with Crippen LogP contribution in [-0.4, -0.2) is 4.98 Å². The molecular formula is C19H26ClFN2O. The normalized spacial score (nSPS) is 11.5. The van der Waals surface area contributed by atoms with Crippen LogP contribution in [0.4, 0.5) is 10.2 Å². The van der Waals surface area contributed by atoms with E-state index in [1.807, 2.05) is 33.8 Å². The van der Waals surface area contributed by atoms with Gasteiger partial charge in [0.2, 0.25) is 0 Å². The number of ether oxygens (including phenoxy) is 1. The maximum Gasteiger partial charge on any atom is 0.166 e. The molecule has 0 aliphatic heterocycles. The summed E-state index contributed by atoms with van der Waals surface area (Å²) >= 11 is 6.16.